The summed E-state index contributed by atoms with van der Waals surface area (Å²) < 4.78 is 35.2. The summed E-state index contributed by atoms with van der Waals surface area (Å²) in [6.45, 7) is 2.19. The maximum atomic E-state index is 11.8. The van der Waals surface area contributed by atoms with Crippen LogP contribution in [0.5, 0.6) is 0 Å². The van der Waals surface area contributed by atoms with Crippen molar-refractivity contribution in [3.05, 3.63) is 42.1 Å². The Balaban J connectivity index is 0.00000533. The molecule has 0 saturated carbocycles. The molecule has 217 valence electrons. The van der Waals surface area contributed by atoms with Crippen molar-refractivity contribution < 1.29 is 75.8 Å². The third kappa shape index (κ3) is 14.2. The molecule has 18 heteroatoms. The first-order valence-corrected chi connectivity index (χ1v) is 17.3. The van der Waals surface area contributed by atoms with Crippen LogP contribution < -0.4 is 0 Å². The SMILES string of the molecule is O=P(O)(O)CN1CCN(Cc2ccc3c[c-]ccc3n2)CCN(CP(=O)(O)O)CCN(CP(=O)(O)O)CC1.[Y]. The fourth-order valence-electron chi connectivity index (χ4n) is 4.31. The third-order valence-corrected chi connectivity index (χ3v) is 8.36. The van der Waals surface area contributed by atoms with E-state index in [4.69, 9.17) is 0 Å². The van der Waals surface area contributed by atoms with Gasteiger partial charge in [0.1, 0.15) is 18.9 Å². The first-order valence-electron chi connectivity index (χ1n) is 11.9. The summed E-state index contributed by atoms with van der Waals surface area (Å²) in [4.78, 5) is 68.6. The van der Waals surface area contributed by atoms with Gasteiger partial charge in [-0.1, -0.05) is 6.07 Å². The Morgan fingerprint density at radius 3 is 1.49 bits per heavy atom. The Morgan fingerprint density at radius 1 is 0.667 bits per heavy atom. The Hall–Kier alpha value is 0.0239. The molecule has 0 aliphatic carbocycles. The van der Waals surface area contributed by atoms with Crippen molar-refractivity contribution in [1.82, 2.24) is 24.6 Å². The predicted octanol–water partition coefficient (Wildman–Crippen LogP) is 0.160. The first-order chi connectivity index (χ1) is 17.7. The molecule has 39 heavy (non-hydrogen) atoms. The molecule has 2 aromatic rings. The second-order valence-electron chi connectivity index (χ2n) is 9.47. The van der Waals surface area contributed by atoms with E-state index >= 15 is 0 Å². The molecule has 0 bridgehead atoms. The molecule has 1 aromatic carbocycles. The van der Waals surface area contributed by atoms with Gasteiger partial charge in [0.2, 0.25) is 0 Å². The summed E-state index contributed by atoms with van der Waals surface area (Å²) in [6, 6.07) is 12.3. The van der Waals surface area contributed by atoms with E-state index in [9.17, 15) is 43.1 Å². The molecule has 0 unspecified atom stereocenters. The van der Waals surface area contributed by atoms with Gasteiger partial charge in [0.15, 0.2) is 0 Å². The molecule has 0 spiro atoms. The number of fused-ring (bicyclic) bond motifs is 1. The van der Waals surface area contributed by atoms with Crippen molar-refractivity contribution >= 4 is 33.7 Å². The van der Waals surface area contributed by atoms with Gasteiger partial charge < -0.3 is 29.4 Å². The number of nitrogens with zero attached hydrogens (tertiary/aromatic N) is 5. The van der Waals surface area contributed by atoms with E-state index in [-0.39, 0.29) is 72.0 Å². The summed E-state index contributed by atoms with van der Waals surface area (Å²) in [5, 5.41) is 0.936. The third-order valence-electron chi connectivity index (χ3n) is 6.06. The maximum Gasteiger partial charge on any atom is 0.339 e. The molecule has 1 saturated heterocycles. The van der Waals surface area contributed by atoms with Crippen LogP contribution in [-0.4, -0.2) is 125 Å². The zero-order valence-corrected chi connectivity index (χ0v) is 27.0. The number of benzene rings is 1. The van der Waals surface area contributed by atoms with Crippen LogP contribution in [0.25, 0.3) is 10.9 Å². The van der Waals surface area contributed by atoms with E-state index in [1.54, 1.807) is 15.9 Å². The molecule has 14 nitrogen and oxygen atoms in total. The zero-order valence-electron chi connectivity index (χ0n) is 21.4. The summed E-state index contributed by atoms with van der Waals surface area (Å²) in [6.07, 6.45) is -1.57. The van der Waals surface area contributed by atoms with Crippen LogP contribution in [0.15, 0.2) is 30.3 Å². The van der Waals surface area contributed by atoms with Crippen LogP contribution in [0, 0.1) is 6.07 Å². The monoisotopic (exact) mass is 683 g/mol. The fourth-order valence-corrected chi connectivity index (χ4v) is 6.72. The van der Waals surface area contributed by atoms with E-state index in [1.165, 1.54) is 4.90 Å². The Bertz CT molecular complexity index is 1170. The van der Waals surface area contributed by atoms with Gasteiger partial charge in [0, 0.05) is 91.6 Å². The molecule has 0 amide bonds. The van der Waals surface area contributed by atoms with Gasteiger partial charge in [-0.2, -0.15) is 18.2 Å². The second kappa shape index (κ2) is 15.5. The summed E-state index contributed by atoms with van der Waals surface area (Å²) in [5.41, 5.74) is 1.57. The Morgan fingerprint density at radius 2 is 1.08 bits per heavy atom. The average molecular weight is 683 g/mol. The number of hydrogen-bond acceptors (Lipinski definition) is 8. The summed E-state index contributed by atoms with van der Waals surface area (Å²) >= 11 is 0. The van der Waals surface area contributed by atoms with Crippen molar-refractivity contribution in [3.63, 3.8) is 0 Å². The maximum absolute atomic E-state index is 11.8. The van der Waals surface area contributed by atoms with Crippen molar-refractivity contribution in [2.24, 2.45) is 0 Å². The van der Waals surface area contributed by atoms with Gasteiger partial charge in [-0.25, -0.2) is 0 Å². The Labute approximate surface area is 252 Å². The van der Waals surface area contributed by atoms with Crippen LogP contribution in [0.4, 0.5) is 0 Å². The van der Waals surface area contributed by atoms with Gasteiger partial charge >= 0.3 is 22.8 Å². The van der Waals surface area contributed by atoms with Crippen molar-refractivity contribution in [2.45, 2.75) is 6.54 Å². The van der Waals surface area contributed by atoms with Gasteiger partial charge in [0.05, 0.1) is 5.69 Å². The Kier molecular flexibility index (Phi) is 14.0. The minimum Gasteiger partial charge on any atom is -0.324 e. The van der Waals surface area contributed by atoms with E-state index in [0.717, 1.165) is 16.6 Å². The van der Waals surface area contributed by atoms with Crippen LogP contribution in [0.3, 0.4) is 0 Å². The van der Waals surface area contributed by atoms with E-state index in [2.05, 4.69) is 11.1 Å². The molecule has 6 N–H and O–H groups in total. The standard InChI is InChI=1S/C21H35N5O9P3.Y/c27-36(28,29)16-24-9-7-23(15-20-6-5-19-3-1-2-4-21(19)22-20)8-10-25(17-37(30,31)32)12-14-26(13-11-24)18-38(33,34)35;/h2-6H,7-18H2,(H2,27,28,29)(H2,30,31,32)(H2,33,34,35);/q-1;. The van der Waals surface area contributed by atoms with Crippen LogP contribution in [0.2, 0.25) is 0 Å². The van der Waals surface area contributed by atoms with Crippen LogP contribution in [0.1, 0.15) is 5.69 Å². The molecular weight excluding hydrogens is 648 g/mol. The van der Waals surface area contributed by atoms with E-state index in [1.807, 2.05) is 29.2 Å². The number of rotatable bonds is 8. The number of aromatic nitrogens is 1. The molecule has 1 aliphatic rings. The molecule has 0 atom stereocenters. The minimum atomic E-state index is -4.44. The van der Waals surface area contributed by atoms with Crippen LogP contribution >= 0.6 is 22.8 Å². The van der Waals surface area contributed by atoms with E-state index < -0.39 is 41.6 Å². The van der Waals surface area contributed by atoms with Crippen molar-refractivity contribution in [3.8, 4) is 0 Å². The number of pyridine rings is 1. The van der Waals surface area contributed by atoms with Crippen molar-refractivity contribution in [1.29, 1.82) is 0 Å². The van der Waals surface area contributed by atoms with Gasteiger partial charge in [0.25, 0.3) is 0 Å². The fraction of sp³-hybridized carbons (Fsp3) is 0.571. The zero-order chi connectivity index (χ0) is 28.0. The van der Waals surface area contributed by atoms with Gasteiger partial charge in [-0.3, -0.25) is 38.3 Å². The normalized spacial score (nSPS) is 18.8. The quantitative estimate of drug-likeness (QED) is 0.163. The summed E-state index contributed by atoms with van der Waals surface area (Å²) in [7, 11) is -13.2. The largest absolute Gasteiger partial charge is 0.339 e. The molecule has 1 radical (unpaired) electrons. The molecule has 1 fully saturated rings. The minimum absolute atomic E-state index is 0. The number of hydrogen-bond donors (Lipinski definition) is 6. The van der Waals surface area contributed by atoms with Crippen molar-refractivity contribution in [2.75, 3.05) is 71.2 Å². The molecular formula is C21H35N5O9P3Y-. The average Bonchev–Trinajstić information content (AvgIpc) is 2.78. The second-order valence-corrected chi connectivity index (χ2v) is 14.3. The summed E-state index contributed by atoms with van der Waals surface area (Å²) in [5.74, 6) is 0. The van der Waals surface area contributed by atoms with Crippen LogP contribution in [-0.2, 0) is 52.9 Å². The molecule has 3 rings (SSSR count). The molecule has 1 aliphatic heterocycles. The smallest absolute Gasteiger partial charge is 0.324 e. The first kappa shape index (κ1) is 35.2. The molecule has 2 heterocycles. The molecule has 1 aromatic heterocycles. The topological polar surface area (TPSA) is 198 Å². The van der Waals surface area contributed by atoms with Gasteiger partial charge in [-0.15, -0.1) is 17.5 Å². The van der Waals surface area contributed by atoms with Gasteiger partial charge in [-0.05, 0) is 5.52 Å². The predicted molar refractivity (Wildman–Crippen MR) is 141 cm³/mol. The van der Waals surface area contributed by atoms with E-state index in [0.29, 0.717) is 19.6 Å².